The van der Waals surface area contributed by atoms with E-state index in [0.29, 0.717) is 18.3 Å². The van der Waals surface area contributed by atoms with Crippen molar-refractivity contribution in [1.29, 1.82) is 0 Å². The SMILES string of the molecule is Cl.Cl.O=C(Nc1nc2c(s1)CN(Cc1ccccc1)CC2)C1CNCCO1. The van der Waals surface area contributed by atoms with Crippen LogP contribution in [0.3, 0.4) is 0 Å². The zero-order valence-corrected chi connectivity index (χ0v) is 17.3. The predicted molar refractivity (Wildman–Crippen MR) is 112 cm³/mol. The van der Waals surface area contributed by atoms with Crippen molar-refractivity contribution in [1.82, 2.24) is 15.2 Å². The molecule has 2 N–H and O–H groups in total. The number of morpholine rings is 1. The van der Waals surface area contributed by atoms with E-state index in [-0.39, 0.29) is 30.7 Å². The Morgan fingerprint density at radius 3 is 2.89 bits per heavy atom. The molecule has 0 radical (unpaired) electrons. The number of hydrogen-bond donors (Lipinski definition) is 2. The van der Waals surface area contributed by atoms with E-state index < -0.39 is 6.10 Å². The van der Waals surface area contributed by atoms with E-state index >= 15 is 0 Å². The van der Waals surface area contributed by atoms with Gasteiger partial charge in [0.15, 0.2) is 5.13 Å². The van der Waals surface area contributed by atoms with Crippen LogP contribution in [0.5, 0.6) is 0 Å². The molecule has 2 aromatic rings. The maximum Gasteiger partial charge on any atom is 0.256 e. The molecule has 0 bridgehead atoms. The van der Waals surface area contributed by atoms with E-state index in [1.807, 2.05) is 6.07 Å². The third-order valence-electron chi connectivity index (χ3n) is 4.51. The Morgan fingerprint density at radius 2 is 2.15 bits per heavy atom. The van der Waals surface area contributed by atoms with Gasteiger partial charge in [0.1, 0.15) is 6.10 Å². The average Bonchev–Trinajstić information content (AvgIpc) is 3.05. The van der Waals surface area contributed by atoms with Gasteiger partial charge in [-0.1, -0.05) is 30.3 Å². The van der Waals surface area contributed by atoms with Gasteiger partial charge < -0.3 is 10.1 Å². The number of amides is 1. The molecule has 27 heavy (non-hydrogen) atoms. The van der Waals surface area contributed by atoms with E-state index in [0.717, 1.165) is 38.3 Å². The molecule has 1 amide bonds. The maximum absolute atomic E-state index is 12.3. The summed E-state index contributed by atoms with van der Waals surface area (Å²) in [5.41, 5.74) is 2.44. The van der Waals surface area contributed by atoms with Gasteiger partial charge in [-0.25, -0.2) is 4.98 Å². The molecule has 6 nitrogen and oxygen atoms in total. The normalized spacial score (nSPS) is 19.3. The lowest BCUT2D eigenvalue weighted by Gasteiger charge is -2.25. The molecule has 4 rings (SSSR count). The van der Waals surface area contributed by atoms with Crippen molar-refractivity contribution < 1.29 is 9.53 Å². The van der Waals surface area contributed by atoms with Crippen LogP contribution in [0.2, 0.25) is 0 Å². The summed E-state index contributed by atoms with van der Waals surface area (Å²) in [6, 6.07) is 10.5. The number of aromatic nitrogens is 1. The summed E-state index contributed by atoms with van der Waals surface area (Å²) in [6.45, 7) is 4.75. The molecule has 2 aliphatic rings. The van der Waals surface area contributed by atoms with Crippen molar-refractivity contribution in [2.45, 2.75) is 25.6 Å². The summed E-state index contributed by atoms with van der Waals surface area (Å²) >= 11 is 1.58. The van der Waals surface area contributed by atoms with E-state index in [1.54, 1.807) is 11.3 Å². The second kappa shape index (κ2) is 10.4. The van der Waals surface area contributed by atoms with Crippen LogP contribution in [0, 0.1) is 0 Å². The molecule has 0 saturated carbocycles. The number of rotatable bonds is 4. The maximum atomic E-state index is 12.3. The molecule has 1 atom stereocenters. The summed E-state index contributed by atoms with van der Waals surface area (Å²) in [7, 11) is 0. The Kier molecular flexibility index (Phi) is 8.47. The van der Waals surface area contributed by atoms with Crippen LogP contribution in [-0.4, -0.2) is 48.1 Å². The third-order valence-corrected chi connectivity index (χ3v) is 5.51. The van der Waals surface area contributed by atoms with Crippen LogP contribution < -0.4 is 10.6 Å². The number of halogens is 2. The first-order valence-corrected chi connectivity index (χ1v) is 9.47. The summed E-state index contributed by atoms with van der Waals surface area (Å²) in [5, 5.41) is 6.77. The highest BCUT2D eigenvalue weighted by atomic mass is 35.5. The monoisotopic (exact) mass is 430 g/mol. The Morgan fingerprint density at radius 1 is 1.33 bits per heavy atom. The zero-order chi connectivity index (χ0) is 17.1. The first-order valence-electron chi connectivity index (χ1n) is 8.66. The minimum absolute atomic E-state index is 0. The number of thiazole rings is 1. The van der Waals surface area contributed by atoms with Gasteiger partial charge in [0.05, 0.1) is 12.3 Å². The van der Waals surface area contributed by atoms with Crippen LogP contribution in [0.25, 0.3) is 0 Å². The summed E-state index contributed by atoms with van der Waals surface area (Å²) < 4.78 is 5.49. The van der Waals surface area contributed by atoms with Crippen molar-refractivity contribution in [3.05, 3.63) is 46.5 Å². The van der Waals surface area contributed by atoms with E-state index in [9.17, 15) is 4.79 Å². The Hall–Kier alpha value is -1.22. The number of nitrogens with zero attached hydrogens (tertiary/aromatic N) is 2. The molecule has 2 aliphatic heterocycles. The predicted octanol–water partition coefficient (Wildman–Crippen LogP) is 2.47. The molecule has 148 valence electrons. The summed E-state index contributed by atoms with van der Waals surface area (Å²) in [4.78, 5) is 20.6. The number of carbonyl (C=O) groups is 1. The molecule has 3 heterocycles. The lowest BCUT2D eigenvalue weighted by molar-refractivity contribution is -0.128. The Balaban J connectivity index is 0.00000131. The topological polar surface area (TPSA) is 66.5 Å². The van der Waals surface area contributed by atoms with Gasteiger partial charge in [-0.2, -0.15) is 0 Å². The van der Waals surface area contributed by atoms with E-state index in [2.05, 4.69) is 44.8 Å². The number of anilines is 1. The van der Waals surface area contributed by atoms with Crippen molar-refractivity contribution in [3.63, 3.8) is 0 Å². The van der Waals surface area contributed by atoms with Gasteiger partial charge in [-0.05, 0) is 5.56 Å². The lowest BCUT2D eigenvalue weighted by Crippen LogP contribution is -2.45. The average molecular weight is 431 g/mol. The second-order valence-corrected chi connectivity index (χ2v) is 7.47. The molecule has 1 saturated heterocycles. The third kappa shape index (κ3) is 5.63. The first kappa shape index (κ1) is 22.1. The largest absolute Gasteiger partial charge is 0.366 e. The number of benzene rings is 1. The number of hydrogen-bond acceptors (Lipinski definition) is 6. The van der Waals surface area contributed by atoms with Gasteiger partial charge in [-0.15, -0.1) is 36.2 Å². The fourth-order valence-electron chi connectivity index (χ4n) is 3.20. The molecule has 0 aliphatic carbocycles. The Labute approximate surface area is 175 Å². The van der Waals surface area contributed by atoms with Crippen LogP contribution >= 0.6 is 36.2 Å². The smallest absolute Gasteiger partial charge is 0.256 e. The highest BCUT2D eigenvalue weighted by Gasteiger charge is 2.25. The molecule has 1 aromatic heterocycles. The molecule has 1 unspecified atom stereocenters. The molecule has 1 fully saturated rings. The number of fused-ring (bicyclic) bond motifs is 1. The first-order chi connectivity index (χ1) is 12.3. The quantitative estimate of drug-likeness (QED) is 0.779. The van der Waals surface area contributed by atoms with Gasteiger partial charge in [-0.3, -0.25) is 15.0 Å². The van der Waals surface area contributed by atoms with Crippen molar-refractivity contribution in [3.8, 4) is 0 Å². The number of ether oxygens (including phenoxy) is 1. The minimum Gasteiger partial charge on any atom is -0.366 e. The minimum atomic E-state index is -0.427. The van der Waals surface area contributed by atoms with Crippen molar-refractivity contribution in [2.24, 2.45) is 0 Å². The molecule has 1 aromatic carbocycles. The van der Waals surface area contributed by atoms with Gasteiger partial charge in [0.25, 0.3) is 5.91 Å². The van der Waals surface area contributed by atoms with Crippen LogP contribution in [-0.2, 0) is 29.0 Å². The van der Waals surface area contributed by atoms with E-state index in [4.69, 9.17) is 4.74 Å². The van der Waals surface area contributed by atoms with Crippen LogP contribution in [0.15, 0.2) is 30.3 Å². The van der Waals surface area contributed by atoms with Crippen molar-refractivity contribution in [2.75, 3.05) is 31.6 Å². The standard InChI is InChI=1S/C18H22N4O2S.2ClH/c23-17(15-10-19-7-9-24-15)21-18-20-14-6-8-22(12-16(14)25-18)11-13-4-2-1-3-5-13;;/h1-5,15,19H,6-12H2,(H,20,21,23);2*1H. The van der Waals surface area contributed by atoms with Crippen molar-refractivity contribution >= 4 is 47.2 Å². The van der Waals surface area contributed by atoms with Crippen LogP contribution in [0.1, 0.15) is 16.1 Å². The zero-order valence-electron chi connectivity index (χ0n) is 14.8. The lowest BCUT2D eigenvalue weighted by atomic mass is 10.1. The number of nitrogens with one attached hydrogen (secondary N) is 2. The summed E-state index contributed by atoms with van der Waals surface area (Å²) in [6.07, 6.45) is 0.500. The van der Waals surface area contributed by atoms with Gasteiger partial charge in [0, 0.05) is 44.0 Å². The molecule has 9 heteroatoms. The second-order valence-electron chi connectivity index (χ2n) is 6.39. The van der Waals surface area contributed by atoms with Gasteiger partial charge >= 0.3 is 0 Å². The molecule has 0 spiro atoms. The van der Waals surface area contributed by atoms with E-state index in [1.165, 1.54) is 10.4 Å². The fraction of sp³-hybridized carbons (Fsp3) is 0.444. The number of carbonyl (C=O) groups excluding carboxylic acids is 1. The van der Waals surface area contributed by atoms with Crippen LogP contribution in [0.4, 0.5) is 5.13 Å². The molecular formula is C18H24Cl2N4O2S. The summed E-state index contributed by atoms with van der Waals surface area (Å²) in [5.74, 6) is -0.112. The van der Waals surface area contributed by atoms with Gasteiger partial charge in [0.2, 0.25) is 0 Å². The highest BCUT2D eigenvalue weighted by Crippen LogP contribution is 2.29. The molecular weight excluding hydrogens is 407 g/mol. The fourth-order valence-corrected chi connectivity index (χ4v) is 4.25. The Bertz CT molecular complexity index is 738. The highest BCUT2D eigenvalue weighted by molar-refractivity contribution is 7.15.